The van der Waals surface area contributed by atoms with Crippen LogP contribution in [-0.4, -0.2) is 23.0 Å². The number of benzene rings is 1. The highest BCUT2D eigenvalue weighted by molar-refractivity contribution is 9.10. The number of fused-ring (bicyclic) bond motifs is 2. The maximum absolute atomic E-state index is 13.7. The zero-order valence-electron chi connectivity index (χ0n) is 11.2. The van der Waals surface area contributed by atoms with Crippen LogP contribution < -0.4 is 5.32 Å². The molecule has 4 atom stereocenters. The molecule has 0 aliphatic heterocycles. The first-order valence-electron chi connectivity index (χ1n) is 6.96. The van der Waals surface area contributed by atoms with Crippen molar-refractivity contribution >= 4 is 27.8 Å². The minimum Gasteiger partial charge on any atom is -0.481 e. The van der Waals surface area contributed by atoms with Gasteiger partial charge in [0.2, 0.25) is 0 Å². The molecule has 2 N–H and O–H groups in total. The van der Waals surface area contributed by atoms with Gasteiger partial charge < -0.3 is 10.4 Å². The second kappa shape index (κ2) is 5.40. The normalized spacial score (nSPS) is 30.4. The maximum Gasteiger partial charge on any atom is 0.308 e. The molecule has 2 fully saturated rings. The van der Waals surface area contributed by atoms with E-state index in [9.17, 15) is 19.1 Å². The van der Waals surface area contributed by atoms with Gasteiger partial charge in [0.1, 0.15) is 5.82 Å². The Morgan fingerprint density at radius 2 is 2.00 bits per heavy atom. The fourth-order valence-corrected chi connectivity index (χ4v) is 4.12. The van der Waals surface area contributed by atoms with E-state index in [2.05, 4.69) is 21.2 Å². The van der Waals surface area contributed by atoms with Crippen molar-refractivity contribution < 1.29 is 19.1 Å². The number of hydrogen-bond donors (Lipinski definition) is 2. The van der Waals surface area contributed by atoms with Crippen LogP contribution in [0.5, 0.6) is 0 Å². The Balaban J connectivity index is 1.81. The predicted molar refractivity (Wildman–Crippen MR) is 77.3 cm³/mol. The molecule has 0 saturated heterocycles. The lowest BCUT2D eigenvalue weighted by Crippen LogP contribution is -2.47. The highest BCUT2D eigenvalue weighted by Gasteiger charge is 2.51. The van der Waals surface area contributed by atoms with Gasteiger partial charge in [-0.05, 0) is 49.3 Å². The highest BCUT2D eigenvalue weighted by Crippen LogP contribution is 2.48. The fourth-order valence-electron chi connectivity index (χ4n) is 3.75. The van der Waals surface area contributed by atoms with Crippen molar-refractivity contribution in [1.82, 2.24) is 5.32 Å². The van der Waals surface area contributed by atoms with Gasteiger partial charge in [-0.1, -0.05) is 15.9 Å². The zero-order valence-corrected chi connectivity index (χ0v) is 12.8. The summed E-state index contributed by atoms with van der Waals surface area (Å²) < 4.78 is 14.3. The third-order valence-electron chi connectivity index (χ3n) is 4.67. The van der Waals surface area contributed by atoms with Gasteiger partial charge in [0.25, 0.3) is 5.91 Å². The van der Waals surface area contributed by atoms with Gasteiger partial charge in [-0.15, -0.1) is 0 Å². The number of carboxylic acids is 1. The van der Waals surface area contributed by atoms with Crippen LogP contribution in [-0.2, 0) is 4.79 Å². The van der Waals surface area contributed by atoms with Crippen LogP contribution in [0.4, 0.5) is 4.39 Å². The monoisotopic (exact) mass is 355 g/mol. The van der Waals surface area contributed by atoms with Crippen LogP contribution in [0.25, 0.3) is 0 Å². The number of aliphatic carboxylic acids is 1. The van der Waals surface area contributed by atoms with E-state index in [0.29, 0.717) is 4.47 Å². The molecule has 112 valence electrons. The van der Waals surface area contributed by atoms with Crippen molar-refractivity contribution in [3.05, 3.63) is 34.1 Å². The summed E-state index contributed by atoms with van der Waals surface area (Å²) in [5, 5.41) is 12.1. The Kier molecular flexibility index (Phi) is 3.73. The minimum atomic E-state index is -0.873. The number of nitrogens with one attached hydrogen (secondary N) is 1. The van der Waals surface area contributed by atoms with E-state index in [1.54, 1.807) is 0 Å². The summed E-state index contributed by atoms with van der Waals surface area (Å²) in [6.07, 6.45) is 2.67. The number of carbonyl (C=O) groups excluding carboxylic acids is 1. The average molecular weight is 356 g/mol. The summed E-state index contributed by atoms with van der Waals surface area (Å²) in [6, 6.07) is 3.75. The Hall–Kier alpha value is -1.43. The van der Waals surface area contributed by atoms with Crippen LogP contribution in [0.15, 0.2) is 22.7 Å². The summed E-state index contributed by atoms with van der Waals surface area (Å²) in [5.74, 6) is -2.26. The molecule has 1 amide bonds. The molecule has 0 aromatic heterocycles. The van der Waals surface area contributed by atoms with Crippen molar-refractivity contribution in [2.45, 2.75) is 25.3 Å². The second-order valence-corrected chi connectivity index (χ2v) is 6.74. The molecule has 2 aliphatic rings. The topological polar surface area (TPSA) is 66.4 Å². The molecule has 6 heteroatoms. The summed E-state index contributed by atoms with van der Waals surface area (Å²) in [4.78, 5) is 23.7. The predicted octanol–water partition coefficient (Wildman–Crippen LogP) is 2.82. The first-order chi connectivity index (χ1) is 9.97. The first kappa shape index (κ1) is 14.5. The number of rotatable bonds is 3. The molecule has 2 bridgehead atoms. The minimum absolute atomic E-state index is 0.0590. The summed E-state index contributed by atoms with van der Waals surface area (Å²) >= 11 is 3.20. The SMILES string of the molecule is O=C(NC1C2CCC(C2)C1C(=O)O)c1cc(Br)ccc1F. The molecule has 21 heavy (non-hydrogen) atoms. The molecular formula is C15H15BrFNO3. The van der Waals surface area contributed by atoms with Gasteiger partial charge in [0.05, 0.1) is 11.5 Å². The van der Waals surface area contributed by atoms with E-state index >= 15 is 0 Å². The largest absolute Gasteiger partial charge is 0.481 e. The second-order valence-electron chi connectivity index (χ2n) is 5.82. The van der Waals surface area contributed by atoms with Gasteiger partial charge in [0.15, 0.2) is 0 Å². The molecule has 4 nitrogen and oxygen atoms in total. The van der Waals surface area contributed by atoms with Crippen LogP contribution in [0.2, 0.25) is 0 Å². The smallest absolute Gasteiger partial charge is 0.308 e. The molecule has 4 unspecified atom stereocenters. The lowest BCUT2D eigenvalue weighted by molar-refractivity contribution is -0.144. The van der Waals surface area contributed by atoms with E-state index in [4.69, 9.17) is 0 Å². The number of halogens is 2. The number of carboxylic acid groups (broad SMARTS) is 1. The maximum atomic E-state index is 13.7. The zero-order chi connectivity index (χ0) is 15.1. The third kappa shape index (κ3) is 2.57. The summed E-state index contributed by atoms with van der Waals surface area (Å²) in [7, 11) is 0. The standard InChI is InChI=1S/C15H15BrFNO3/c16-9-3-4-11(17)10(6-9)14(19)18-13-8-2-1-7(5-8)12(13)15(20)21/h3-4,6-8,12-13H,1-2,5H2,(H,18,19)(H,20,21). The van der Waals surface area contributed by atoms with E-state index in [1.165, 1.54) is 18.2 Å². The van der Waals surface area contributed by atoms with Crippen LogP contribution in [0.1, 0.15) is 29.6 Å². The molecule has 1 aromatic rings. The van der Waals surface area contributed by atoms with Gasteiger partial charge in [-0.3, -0.25) is 9.59 Å². The van der Waals surface area contributed by atoms with Crippen LogP contribution >= 0.6 is 15.9 Å². The van der Waals surface area contributed by atoms with E-state index in [0.717, 1.165) is 19.3 Å². The van der Waals surface area contributed by atoms with Crippen molar-refractivity contribution in [3.8, 4) is 0 Å². The quantitative estimate of drug-likeness (QED) is 0.875. The lowest BCUT2D eigenvalue weighted by Gasteiger charge is -2.28. The van der Waals surface area contributed by atoms with Gasteiger partial charge in [0, 0.05) is 10.5 Å². The number of carbonyl (C=O) groups is 2. The van der Waals surface area contributed by atoms with Crippen molar-refractivity contribution in [2.75, 3.05) is 0 Å². The molecule has 0 spiro atoms. The van der Waals surface area contributed by atoms with Gasteiger partial charge in [-0.2, -0.15) is 0 Å². The number of hydrogen-bond acceptors (Lipinski definition) is 2. The average Bonchev–Trinajstić information content (AvgIpc) is 3.02. The molecule has 2 saturated carbocycles. The third-order valence-corrected chi connectivity index (χ3v) is 5.17. The van der Waals surface area contributed by atoms with Crippen molar-refractivity contribution in [2.24, 2.45) is 17.8 Å². The number of amides is 1. The lowest BCUT2D eigenvalue weighted by atomic mass is 9.84. The Bertz CT molecular complexity index is 607. The Morgan fingerprint density at radius 3 is 2.71 bits per heavy atom. The summed E-state index contributed by atoms with van der Waals surface area (Å²) in [6.45, 7) is 0. The highest BCUT2D eigenvalue weighted by atomic mass is 79.9. The van der Waals surface area contributed by atoms with Crippen LogP contribution in [0, 0.1) is 23.6 Å². The molecule has 1 aromatic carbocycles. The van der Waals surface area contributed by atoms with Crippen molar-refractivity contribution in [3.63, 3.8) is 0 Å². The molecular weight excluding hydrogens is 341 g/mol. The molecule has 2 aliphatic carbocycles. The molecule has 3 rings (SSSR count). The van der Waals surface area contributed by atoms with Gasteiger partial charge >= 0.3 is 5.97 Å². The van der Waals surface area contributed by atoms with E-state index in [1.807, 2.05) is 0 Å². The summed E-state index contributed by atoms with van der Waals surface area (Å²) in [5.41, 5.74) is -0.0590. The molecule has 0 radical (unpaired) electrons. The van der Waals surface area contributed by atoms with E-state index < -0.39 is 29.7 Å². The molecule has 0 heterocycles. The van der Waals surface area contributed by atoms with E-state index in [-0.39, 0.29) is 17.4 Å². The van der Waals surface area contributed by atoms with Crippen LogP contribution in [0.3, 0.4) is 0 Å². The fraction of sp³-hybridized carbons (Fsp3) is 0.467. The van der Waals surface area contributed by atoms with Crippen molar-refractivity contribution in [1.29, 1.82) is 0 Å². The Labute approximate surface area is 129 Å². The Morgan fingerprint density at radius 1 is 1.29 bits per heavy atom. The first-order valence-corrected chi connectivity index (χ1v) is 7.75. The van der Waals surface area contributed by atoms with Gasteiger partial charge in [-0.25, -0.2) is 4.39 Å².